The van der Waals surface area contributed by atoms with E-state index in [4.69, 9.17) is 10.8 Å². The largest absolute Gasteiger partial charge is 1.00 e. The van der Waals surface area contributed by atoms with Gasteiger partial charge in [0.05, 0.1) is 0 Å². The van der Waals surface area contributed by atoms with Crippen LogP contribution in [0.5, 0.6) is 0 Å². The van der Waals surface area contributed by atoms with E-state index in [2.05, 4.69) is 0 Å². The average Bonchev–Trinajstić information content (AvgIpc) is 1.61. The van der Waals surface area contributed by atoms with Crippen molar-refractivity contribution in [3.63, 3.8) is 0 Å². The molecule has 0 bridgehead atoms. The fourth-order valence-electron chi connectivity index (χ4n) is 0.253. The van der Waals surface area contributed by atoms with Gasteiger partial charge < -0.3 is 12.3 Å². The number of carboxylic acid groups (broad SMARTS) is 1. The molecule has 0 aromatic heterocycles. The van der Waals surface area contributed by atoms with Gasteiger partial charge in [-0.1, -0.05) is 0 Å². The third-order valence-electron chi connectivity index (χ3n) is 0.595. The molecule has 0 aliphatic carbocycles. The maximum atomic E-state index is 9.70. The second kappa shape index (κ2) is 7.03. The van der Waals surface area contributed by atoms with Crippen molar-refractivity contribution in [2.75, 3.05) is 6.54 Å². The molecule has 0 spiro atoms. The SMILES string of the molecule is NCCCC(=O)O.[H-].[Li+]. The molecule has 44 valence electrons. The Hall–Kier alpha value is 0.0274. The van der Waals surface area contributed by atoms with Crippen molar-refractivity contribution in [1.82, 2.24) is 0 Å². The average molecular weight is 111 g/mol. The smallest absolute Gasteiger partial charge is 1.00 e. The van der Waals surface area contributed by atoms with Gasteiger partial charge in [0.1, 0.15) is 0 Å². The predicted molar refractivity (Wildman–Crippen MR) is 27.0 cm³/mol. The third-order valence-corrected chi connectivity index (χ3v) is 0.595. The van der Waals surface area contributed by atoms with Crippen LogP contribution in [-0.2, 0) is 4.79 Å². The summed E-state index contributed by atoms with van der Waals surface area (Å²) in [5.41, 5.74) is 5.01. The number of hydrogen-bond acceptors (Lipinski definition) is 2. The Kier molecular flexibility index (Phi) is 9.59. The van der Waals surface area contributed by atoms with Gasteiger partial charge in [0.25, 0.3) is 0 Å². The maximum Gasteiger partial charge on any atom is 1.00 e. The molecule has 0 saturated heterocycles. The van der Waals surface area contributed by atoms with Gasteiger partial charge in [-0.15, -0.1) is 0 Å². The van der Waals surface area contributed by atoms with Gasteiger partial charge in [-0.25, -0.2) is 0 Å². The molecule has 0 amide bonds. The van der Waals surface area contributed by atoms with Crippen LogP contribution in [-0.4, -0.2) is 17.6 Å². The third kappa shape index (κ3) is 9.39. The zero-order valence-electron chi connectivity index (χ0n) is 6.05. The van der Waals surface area contributed by atoms with E-state index < -0.39 is 5.97 Å². The van der Waals surface area contributed by atoms with E-state index in [1.165, 1.54) is 0 Å². The van der Waals surface area contributed by atoms with Crippen molar-refractivity contribution in [3.05, 3.63) is 0 Å². The van der Waals surface area contributed by atoms with Gasteiger partial charge in [0, 0.05) is 6.42 Å². The van der Waals surface area contributed by atoms with Crippen LogP contribution in [0.25, 0.3) is 0 Å². The molecule has 3 nitrogen and oxygen atoms in total. The Labute approximate surface area is 61.9 Å². The van der Waals surface area contributed by atoms with Crippen LogP contribution >= 0.6 is 0 Å². The molecule has 8 heavy (non-hydrogen) atoms. The first-order valence-electron chi connectivity index (χ1n) is 2.19. The van der Waals surface area contributed by atoms with E-state index >= 15 is 0 Å². The van der Waals surface area contributed by atoms with Crippen LogP contribution in [0.4, 0.5) is 0 Å². The monoisotopic (exact) mass is 111 g/mol. The molecule has 3 N–H and O–H groups in total. The molecule has 0 aromatic rings. The first-order valence-corrected chi connectivity index (χ1v) is 2.19. The first kappa shape index (κ1) is 10.9. The molecule has 0 aliphatic heterocycles. The van der Waals surface area contributed by atoms with Crippen molar-refractivity contribution in [2.45, 2.75) is 12.8 Å². The normalized spacial score (nSPS) is 7.62. The van der Waals surface area contributed by atoms with Gasteiger partial charge in [-0.05, 0) is 13.0 Å². The molecule has 4 heteroatoms. The van der Waals surface area contributed by atoms with Gasteiger partial charge >= 0.3 is 24.8 Å². The van der Waals surface area contributed by atoms with Gasteiger partial charge in [0.2, 0.25) is 0 Å². The summed E-state index contributed by atoms with van der Waals surface area (Å²) in [6.45, 7) is 0.465. The van der Waals surface area contributed by atoms with E-state index in [1.54, 1.807) is 0 Å². The molecule has 0 aliphatic rings. The van der Waals surface area contributed by atoms with E-state index in [0.29, 0.717) is 13.0 Å². The summed E-state index contributed by atoms with van der Waals surface area (Å²) in [6, 6.07) is 0. The van der Waals surface area contributed by atoms with E-state index in [0.717, 1.165) is 0 Å². The van der Waals surface area contributed by atoms with Crippen molar-refractivity contribution in [2.24, 2.45) is 5.73 Å². The Bertz CT molecular complexity index is 71.6. The fourth-order valence-corrected chi connectivity index (χ4v) is 0.253. The van der Waals surface area contributed by atoms with Crippen molar-refractivity contribution >= 4 is 5.97 Å². The van der Waals surface area contributed by atoms with Crippen LogP contribution in [0, 0.1) is 0 Å². The topological polar surface area (TPSA) is 63.3 Å². The Morgan fingerprint density at radius 1 is 1.75 bits per heavy atom. The molecule has 0 atom stereocenters. The van der Waals surface area contributed by atoms with E-state index in [9.17, 15) is 4.79 Å². The van der Waals surface area contributed by atoms with E-state index in [-0.39, 0.29) is 26.7 Å². The summed E-state index contributed by atoms with van der Waals surface area (Å²) < 4.78 is 0. The first-order chi connectivity index (χ1) is 3.27. The molecule has 0 unspecified atom stereocenters. The molecular formula is C4H10LiNO2. The van der Waals surface area contributed by atoms with Gasteiger partial charge in [0.15, 0.2) is 0 Å². The fraction of sp³-hybridized carbons (Fsp3) is 0.750. The van der Waals surface area contributed by atoms with Crippen LogP contribution in [0.15, 0.2) is 0 Å². The number of aliphatic carboxylic acids is 1. The Morgan fingerprint density at radius 2 is 2.25 bits per heavy atom. The van der Waals surface area contributed by atoms with Crippen LogP contribution < -0.4 is 24.6 Å². The molecular weight excluding hydrogens is 101 g/mol. The summed E-state index contributed by atoms with van der Waals surface area (Å²) >= 11 is 0. The minimum absolute atomic E-state index is 0. The number of rotatable bonds is 3. The molecule has 0 heterocycles. The molecule has 0 aromatic carbocycles. The summed E-state index contributed by atoms with van der Waals surface area (Å²) in [5, 5.41) is 7.99. The molecule has 0 fully saturated rings. The Balaban J connectivity index is -0.000000180. The van der Waals surface area contributed by atoms with Gasteiger partial charge in [-0.3, -0.25) is 4.79 Å². The van der Waals surface area contributed by atoms with Crippen LogP contribution in [0.2, 0.25) is 0 Å². The minimum Gasteiger partial charge on any atom is -1.00 e. The molecule has 0 rings (SSSR count). The maximum absolute atomic E-state index is 9.70. The zero-order valence-corrected chi connectivity index (χ0v) is 5.05. The number of hydrogen-bond donors (Lipinski definition) is 2. The summed E-state index contributed by atoms with van der Waals surface area (Å²) in [4.78, 5) is 9.70. The Morgan fingerprint density at radius 3 is 2.38 bits per heavy atom. The second-order valence-corrected chi connectivity index (χ2v) is 1.29. The van der Waals surface area contributed by atoms with Crippen LogP contribution in [0.3, 0.4) is 0 Å². The minimum atomic E-state index is -0.773. The quantitative estimate of drug-likeness (QED) is 0.380. The molecule has 0 saturated carbocycles. The van der Waals surface area contributed by atoms with Gasteiger partial charge in [-0.2, -0.15) is 0 Å². The number of carboxylic acids is 1. The number of carbonyl (C=O) groups is 1. The predicted octanol–water partition coefficient (Wildman–Crippen LogP) is -3.07. The summed E-state index contributed by atoms with van der Waals surface area (Å²) in [6.07, 6.45) is 0.770. The van der Waals surface area contributed by atoms with Crippen LogP contribution in [0.1, 0.15) is 14.3 Å². The zero-order chi connectivity index (χ0) is 5.70. The van der Waals surface area contributed by atoms with Crippen molar-refractivity contribution in [1.29, 1.82) is 0 Å². The van der Waals surface area contributed by atoms with E-state index in [1.807, 2.05) is 0 Å². The van der Waals surface area contributed by atoms with Crippen molar-refractivity contribution < 1.29 is 30.2 Å². The standard InChI is InChI=1S/C4H9NO2.Li.H/c5-3-1-2-4(6)7;;/h1-3,5H2,(H,6,7);;/q;+1;-1. The number of nitrogens with two attached hydrogens (primary N) is 1. The summed E-state index contributed by atoms with van der Waals surface area (Å²) in [5.74, 6) is -0.773. The molecule has 0 radical (unpaired) electrons. The summed E-state index contributed by atoms with van der Waals surface area (Å²) in [7, 11) is 0. The second-order valence-electron chi connectivity index (χ2n) is 1.29. The van der Waals surface area contributed by atoms with Crippen molar-refractivity contribution in [3.8, 4) is 0 Å².